The molecule has 3 atom stereocenters. The molecule has 0 saturated carbocycles. The van der Waals surface area contributed by atoms with Crippen LogP contribution in [0, 0.1) is 72.2 Å². The first kappa shape index (κ1) is 104. The van der Waals surface area contributed by atoms with E-state index in [1.54, 1.807) is 72.3 Å². The Bertz CT molecular complexity index is 6790. The maximum Gasteiger partial charge on any atom is 0.276 e. The third-order valence-electron chi connectivity index (χ3n) is 24.0. The number of hydrogen-bond donors (Lipinski definition) is 3. The van der Waals surface area contributed by atoms with Crippen molar-refractivity contribution in [2.45, 2.75) is 119 Å². The molecule has 9 aromatic heterocycles. The number of piperazine rings is 3. The Morgan fingerprint density at radius 1 is 0.399 bits per heavy atom. The lowest BCUT2D eigenvalue weighted by molar-refractivity contribution is -0.129. The molecule has 3 aliphatic heterocycles. The van der Waals surface area contributed by atoms with Crippen molar-refractivity contribution >= 4 is 207 Å². The SMILES string of the molecule is C=CC(=O)N1CCN(c2c(C#N)c(=O)n(-c3c(C)ccnc3C(C)C)c3nc(-c4c(Cl)c(O)c(Cl)c(F)c4Cl)c(Cl)cc23)C[C@H]1C.C=CC(=O)N1CCN(c2c(C#N)c(=O)n(-c3c(C)ccnc3C(C)C)c3nc(-c4c(Cl)c(O)c(Cl)c(F)c4Cl)c(Cl)cc23)C[C@H]1C.C=CC(=O)N1CCN(c2c(C#N)c(=O)n(-c3c(C)ccnc3C(C)C)c3nc(-c4c(Cl)c(O)c(Cl)c(F)c4Cl)c(Cl)cc23)C[C@H]1C. The summed E-state index contributed by atoms with van der Waals surface area (Å²) in [5.74, 6) is -6.82. The lowest BCUT2D eigenvalue weighted by atomic mass is 10.0. The number of nitrogens with zero attached hydrogens (tertiary/aromatic N) is 18. The summed E-state index contributed by atoms with van der Waals surface area (Å²) in [5, 5.41) is 58.8. The predicted octanol–water partition coefficient (Wildman–Crippen LogP) is 22.3. The molecule has 3 aromatic carbocycles. The zero-order chi connectivity index (χ0) is 101. The van der Waals surface area contributed by atoms with E-state index in [1.807, 2.05) is 77.0 Å². The number of fused-ring (bicyclic) bond motifs is 3. The number of carbonyl (C=O) groups is 3. The maximum absolute atomic E-state index is 15.0. The smallest absolute Gasteiger partial charge is 0.276 e. The molecule has 138 heavy (non-hydrogen) atoms. The van der Waals surface area contributed by atoms with Gasteiger partial charge in [-0.3, -0.25) is 57.4 Å². The van der Waals surface area contributed by atoms with Gasteiger partial charge in [0.25, 0.3) is 16.7 Å². The molecule has 12 heterocycles. The molecule has 12 aromatic rings. The van der Waals surface area contributed by atoms with Crippen molar-refractivity contribution in [2.24, 2.45) is 0 Å². The molecule has 714 valence electrons. The van der Waals surface area contributed by atoms with Crippen molar-refractivity contribution in [3.8, 4) is 86.3 Å². The van der Waals surface area contributed by atoms with E-state index in [0.717, 1.165) is 0 Å². The standard InChI is InChI=1S/3C32H27Cl4FN6O3/c3*1-6-20(44)42-10-9-41(13-16(42)5)29-17-11-19(33)27(21-22(34)25(37)24(36)30(45)23(21)35)40-31(17)43(32(46)18(29)12-38)28-15(4)7-8-39-26(28)14(2)3/h3*6-8,11,14,16,45H,1,9-10,13H2,2-5H3/t3*16-/m111/s1. The second-order valence-corrected chi connectivity index (χ2v) is 38.2. The van der Waals surface area contributed by atoms with Crippen LogP contribution >= 0.6 is 139 Å². The van der Waals surface area contributed by atoms with Gasteiger partial charge in [-0.05, 0) is 131 Å². The topological polar surface area (TPSA) is 346 Å². The van der Waals surface area contributed by atoms with Gasteiger partial charge in [0, 0.05) is 128 Å². The number of halogens is 15. The van der Waals surface area contributed by atoms with Gasteiger partial charge in [-0.1, -0.05) is 200 Å². The fourth-order valence-electron chi connectivity index (χ4n) is 17.4. The monoisotopic (exact) mass is 2110 g/mol. The molecule has 0 unspecified atom stereocenters. The van der Waals surface area contributed by atoms with E-state index >= 15 is 13.2 Å². The Labute approximate surface area is 848 Å². The number of aryl methyl sites for hydroxylation is 3. The van der Waals surface area contributed by atoms with Crippen LogP contribution < -0.4 is 31.4 Å². The third-order valence-corrected chi connectivity index (χ3v) is 28.0. The second-order valence-electron chi connectivity index (χ2n) is 33.6. The van der Waals surface area contributed by atoms with Gasteiger partial charge >= 0.3 is 0 Å². The number of anilines is 3. The summed E-state index contributed by atoms with van der Waals surface area (Å²) in [6, 6.07) is 15.1. The Morgan fingerprint density at radius 2 is 0.630 bits per heavy atom. The zero-order valence-electron chi connectivity index (χ0n) is 75.4. The highest BCUT2D eigenvalue weighted by molar-refractivity contribution is 6.47. The molecule has 15 rings (SSSR count). The average Bonchev–Trinajstić information content (AvgIpc) is 0.726. The van der Waals surface area contributed by atoms with Gasteiger partial charge in [-0.2, -0.15) is 15.8 Å². The van der Waals surface area contributed by atoms with Gasteiger partial charge in [0.1, 0.15) is 66.9 Å². The lowest BCUT2D eigenvalue weighted by Gasteiger charge is -2.41. The van der Waals surface area contributed by atoms with Gasteiger partial charge in [0.15, 0.2) is 34.7 Å². The van der Waals surface area contributed by atoms with Gasteiger partial charge < -0.3 is 44.7 Å². The number of pyridine rings is 9. The molecule has 3 saturated heterocycles. The maximum atomic E-state index is 15.0. The van der Waals surface area contributed by atoms with Crippen molar-refractivity contribution in [1.82, 2.24) is 58.3 Å². The van der Waals surface area contributed by atoms with E-state index in [-0.39, 0.29) is 192 Å². The van der Waals surface area contributed by atoms with Gasteiger partial charge in [-0.15, -0.1) is 0 Å². The van der Waals surface area contributed by atoms with Crippen LogP contribution in [0.15, 0.2) is 107 Å². The van der Waals surface area contributed by atoms with E-state index < -0.39 is 96.6 Å². The van der Waals surface area contributed by atoms with Crippen LogP contribution in [0.3, 0.4) is 0 Å². The number of benzene rings is 3. The summed E-state index contributed by atoms with van der Waals surface area (Å²) in [4.78, 5) is 119. The molecule has 0 aliphatic carbocycles. The molecule has 3 fully saturated rings. The number of phenols is 3. The lowest BCUT2D eigenvalue weighted by Crippen LogP contribution is -2.54. The van der Waals surface area contributed by atoms with Crippen LogP contribution in [0.2, 0.25) is 60.3 Å². The molecule has 42 heteroatoms. The van der Waals surface area contributed by atoms with Crippen LogP contribution in [-0.4, -0.2) is 168 Å². The Morgan fingerprint density at radius 3 is 0.833 bits per heavy atom. The summed E-state index contributed by atoms with van der Waals surface area (Å²) in [7, 11) is 0. The van der Waals surface area contributed by atoms with Crippen LogP contribution in [0.5, 0.6) is 17.2 Å². The zero-order valence-corrected chi connectivity index (χ0v) is 84.5. The molecule has 0 radical (unpaired) electrons. The quantitative estimate of drug-likeness (QED) is 0.0487. The number of hydrogen-bond acceptors (Lipinski definition) is 21. The molecule has 0 bridgehead atoms. The average molecular weight is 2110 g/mol. The number of phenolic OH excluding ortho intramolecular Hbond substituents is 3. The second kappa shape index (κ2) is 41.4. The van der Waals surface area contributed by atoms with Crippen LogP contribution in [0.25, 0.3) is 83.9 Å². The van der Waals surface area contributed by atoms with Crippen LogP contribution in [-0.2, 0) is 14.4 Å². The minimum atomic E-state index is -1.14. The summed E-state index contributed by atoms with van der Waals surface area (Å²) < 4.78 is 49.0. The number of aromatic nitrogens is 9. The van der Waals surface area contributed by atoms with Crippen molar-refractivity contribution < 1.29 is 42.9 Å². The third kappa shape index (κ3) is 18.3. The minimum Gasteiger partial charge on any atom is -0.505 e. The van der Waals surface area contributed by atoms with Gasteiger partial charge in [-0.25, -0.2) is 28.1 Å². The van der Waals surface area contributed by atoms with Crippen molar-refractivity contribution in [2.75, 3.05) is 73.6 Å². The molecule has 3 amide bonds. The first-order valence-corrected chi connectivity index (χ1v) is 46.9. The normalized spacial score (nSPS) is 15.0. The van der Waals surface area contributed by atoms with E-state index in [9.17, 15) is 59.9 Å². The molecule has 3 aliphatic rings. The number of carbonyl (C=O) groups excluding carboxylic acids is 3. The number of amides is 3. The minimum absolute atomic E-state index is 0.0515. The van der Waals surface area contributed by atoms with Crippen LogP contribution in [0.1, 0.15) is 131 Å². The van der Waals surface area contributed by atoms with Gasteiger partial charge in [0.05, 0.1) is 113 Å². The summed E-state index contributed by atoms with van der Waals surface area (Å²) in [6.07, 6.45) is 8.60. The fourth-order valence-corrected chi connectivity index (χ4v) is 20.8. The number of rotatable bonds is 15. The summed E-state index contributed by atoms with van der Waals surface area (Å²) in [6.45, 7) is 35.8. The molecular weight excluding hydrogens is 2030 g/mol. The number of nitriles is 3. The van der Waals surface area contributed by atoms with Crippen molar-refractivity contribution in [3.05, 3.63) is 252 Å². The van der Waals surface area contributed by atoms with E-state index in [1.165, 1.54) is 50.1 Å². The fraction of sp³-hybridized carbons (Fsp3) is 0.281. The van der Waals surface area contributed by atoms with E-state index in [2.05, 4.69) is 52.9 Å². The first-order chi connectivity index (χ1) is 65.2. The van der Waals surface area contributed by atoms with E-state index in [0.29, 0.717) is 86.6 Å². The first-order valence-electron chi connectivity index (χ1n) is 42.4. The predicted molar refractivity (Wildman–Crippen MR) is 538 cm³/mol. The summed E-state index contributed by atoms with van der Waals surface area (Å²) >= 11 is 76.5. The highest BCUT2D eigenvalue weighted by atomic mass is 35.5. The molecular formula is C96H81Cl12F3N18O9. The number of aromatic hydroxyl groups is 3. The molecule has 3 N–H and O–H groups in total. The van der Waals surface area contributed by atoms with Crippen LogP contribution in [0.4, 0.5) is 30.2 Å². The molecule has 27 nitrogen and oxygen atoms in total. The Kier molecular flexibility index (Phi) is 31.1. The van der Waals surface area contributed by atoms with Gasteiger partial charge in [0.2, 0.25) is 17.7 Å². The Hall–Kier alpha value is -11.6. The van der Waals surface area contributed by atoms with Crippen molar-refractivity contribution in [3.63, 3.8) is 0 Å². The van der Waals surface area contributed by atoms with Crippen molar-refractivity contribution in [1.29, 1.82) is 15.8 Å². The highest BCUT2D eigenvalue weighted by Gasteiger charge is 2.40. The largest absolute Gasteiger partial charge is 0.505 e. The Balaban J connectivity index is 0.000000175. The molecule has 0 spiro atoms. The highest BCUT2D eigenvalue weighted by Crippen LogP contribution is 2.54. The summed E-state index contributed by atoms with van der Waals surface area (Å²) in [5.41, 5.74) is 2.25. The van der Waals surface area contributed by atoms with E-state index in [4.69, 9.17) is 154 Å².